The molecule has 0 aromatic rings. The van der Waals surface area contributed by atoms with E-state index in [0.717, 1.165) is 12.3 Å². The van der Waals surface area contributed by atoms with Crippen LogP contribution in [0.5, 0.6) is 0 Å². The smallest absolute Gasteiger partial charge is 0.224 e. The summed E-state index contributed by atoms with van der Waals surface area (Å²) in [5.41, 5.74) is 5.51. The third-order valence-corrected chi connectivity index (χ3v) is 2.61. The number of rotatable bonds is 6. The van der Waals surface area contributed by atoms with E-state index >= 15 is 0 Å². The number of carbonyl (C=O) groups is 1. The zero-order valence-electron chi connectivity index (χ0n) is 8.67. The maximum Gasteiger partial charge on any atom is 0.224 e. The van der Waals surface area contributed by atoms with Gasteiger partial charge in [0.2, 0.25) is 5.91 Å². The van der Waals surface area contributed by atoms with Crippen molar-refractivity contribution in [2.45, 2.75) is 13.8 Å². The lowest BCUT2D eigenvalue weighted by Crippen LogP contribution is -2.38. The highest BCUT2D eigenvalue weighted by molar-refractivity contribution is 7.98. The van der Waals surface area contributed by atoms with E-state index in [-0.39, 0.29) is 11.8 Å². The van der Waals surface area contributed by atoms with E-state index in [1.165, 1.54) is 0 Å². The Morgan fingerprint density at radius 1 is 1.54 bits per heavy atom. The minimum atomic E-state index is -0.0399. The molecular weight excluding hydrogens is 184 g/mol. The topological polar surface area (TPSA) is 55.1 Å². The van der Waals surface area contributed by atoms with Crippen molar-refractivity contribution >= 4 is 17.7 Å². The molecule has 0 aliphatic heterocycles. The summed E-state index contributed by atoms with van der Waals surface area (Å²) in [6.45, 7) is 5.21. The summed E-state index contributed by atoms with van der Waals surface area (Å²) in [6, 6.07) is 0. The Bertz CT molecular complexity index is 151. The Balaban J connectivity index is 3.78. The summed E-state index contributed by atoms with van der Waals surface area (Å²) in [5.74, 6) is 1.33. The third-order valence-electron chi connectivity index (χ3n) is 2.00. The number of amides is 1. The van der Waals surface area contributed by atoms with Gasteiger partial charge in [-0.15, -0.1) is 0 Å². The van der Waals surface area contributed by atoms with Crippen LogP contribution in [0.4, 0.5) is 0 Å². The summed E-state index contributed by atoms with van der Waals surface area (Å²) < 4.78 is 0. The maximum atomic E-state index is 11.5. The van der Waals surface area contributed by atoms with Crippen molar-refractivity contribution in [3.8, 4) is 0 Å². The van der Waals surface area contributed by atoms with Crippen LogP contribution in [0.25, 0.3) is 0 Å². The third kappa shape index (κ3) is 5.16. The average molecular weight is 204 g/mol. The minimum absolute atomic E-state index is 0.0399. The second kappa shape index (κ2) is 7.21. The van der Waals surface area contributed by atoms with Crippen molar-refractivity contribution in [2.75, 3.05) is 25.1 Å². The first-order valence-electron chi connectivity index (χ1n) is 4.60. The number of nitrogens with two attached hydrogens (primary N) is 1. The average Bonchev–Trinajstić information content (AvgIpc) is 2.05. The summed E-state index contributed by atoms with van der Waals surface area (Å²) >= 11 is 1.73. The Labute approximate surface area is 84.8 Å². The highest BCUT2D eigenvalue weighted by Gasteiger charge is 2.19. The molecule has 4 heteroatoms. The van der Waals surface area contributed by atoms with E-state index in [1.54, 1.807) is 11.8 Å². The quantitative estimate of drug-likeness (QED) is 0.626. The fourth-order valence-corrected chi connectivity index (χ4v) is 1.40. The number of hydrogen-bond acceptors (Lipinski definition) is 3. The van der Waals surface area contributed by atoms with E-state index in [9.17, 15) is 4.79 Å². The van der Waals surface area contributed by atoms with Crippen molar-refractivity contribution in [2.24, 2.45) is 17.6 Å². The Hall–Kier alpha value is -0.220. The molecule has 78 valence electrons. The van der Waals surface area contributed by atoms with E-state index in [2.05, 4.69) is 5.32 Å². The first-order valence-corrected chi connectivity index (χ1v) is 5.99. The Morgan fingerprint density at radius 2 is 2.15 bits per heavy atom. The molecule has 0 aromatic carbocycles. The van der Waals surface area contributed by atoms with Gasteiger partial charge < -0.3 is 11.1 Å². The molecule has 1 amide bonds. The molecule has 0 saturated heterocycles. The first-order chi connectivity index (χ1) is 6.13. The lowest BCUT2D eigenvalue weighted by Gasteiger charge is -2.17. The van der Waals surface area contributed by atoms with Crippen LogP contribution >= 0.6 is 11.8 Å². The zero-order chi connectivity index (χ0) is 10.3. The summed E-state index contributed by atoms with van der Waals surface area (Å²) in [7, 11) is 0. The molecule has 3 N–H and O–H groups in total. The zero-order valence-corrected chi connectivity index (χ0v) is 9.49. The second-order valence-corrected chi connectivity index (χ2v) is 4.36. The van der Waals surface area contributed by atoms with Gasteiger partial charge in [0.05, 0.1) is 5.92 Å². The van der Waals surface area contributed by atoms with Crippen LogP contribution in [0.15, 0.2) is 0 Å². The molecule has 0 spiro atoms. The molecule has 0 radical (unpaired) electrons. The monoisotopic (exact) mass is 204 g/mol. The fraction of sp³-hybridized carbons (Fsp3) is 0.889. The van der Waals surface area contributed by atoms with Gasteiger partial charge in [0.15, 0.2) is 0 Å². The number of hydrogen-bond donors (Lipinski definition) is 2. The van der Waals surface area contributed by atoms with Crippen LogP contribution in [0.1, 0.15) is 13.8 Å². The molecule has 0 saturated carbocycles. The van der Waals surface area contributed by atoms with Gasteiger partial charge in [0.25, 0.3) is 0 Å². The number of nitrogens with one attached hydrogen (secondary N) is 1. The van der Waals surface area contributed by atoms with Crippen molar-refractivity contribution in [3.05, 3.63) is 0 Å². The summed E-state index contributed by atoms with van der Waals surface area (Å²) in [4.78, 5) is 11.5. The molecule has 0 aliphatic carbocycles. The van der Waals surface area contributed by atoms with Gasteiger partial charge in [-0.2, -0.15) is 11.8 Å². The molecule has 1 atom stereocenters. The summed E-state index contributed by atoms with van der Waals surface area (Å²) in [6.07, 6.45) is 2.02. The molecule has 3 nitrogen and oxygen atoms in total. The van der Waals surface area contributed by atoms with Gasteiger partial charge in [-0.25, -0.2) is 0 Å². The molecule has 13 heavy (non-hydrogen) atoms. The standard InChI is InChI=1S/C9H20N2OS/c1-7(2)8(6-10)9(12)11-4-5-13-3/h7-8H,4-6,10H2,1-3H3,(H,11,12). The lowest BCUT2D eigenvalue weighted by atomic mass is 9.95. The van der Waals surface area contributed by atoms with Gasteiger partial charge >= 0.3 is 0 Å². The molecule has 1 unspecified atom stereocenters. The molecule has 0 aromatic heterocycles. The molecule has 0 bridgehead atoms. The van der Waals surface area contributed by atoms with Crippen molar-refractivity contribution in [1.82, 2.24) is 5.32 Å². The SMILES string of the molecule is CSCCNC(=O)C(CN)C(C)C. The molecule has 0 fully saturated rings. The number of carbonyl (C=O) groups excluding carboxylic acids is 1. The van der Waals surface area contributed by atoms with Gasteiger partial charge in [-0.1, -0.05) is 13.8 Å². The molecule has 0 aliphatic rings. The largest absolute Gasteiger partial charge is 0.355 e. The van der Waals surface area contributed by atoms with Crippen LogP contribution in [-0.4, -0.2) is 31.0 Å². The van der Waals surface area contributed by atoms with Crippen LogP contribution in [0, 0.1) is 11.8 Å². The minimum Gasteiger partial charge on any atom is -0.355 e. The Kier molecular flexibility index (Phi) is 7.09. The predicted octanol–water partition coefficient (Wildman–Crippen LogP) is 0.696. The highest BCUT2D eigenvalue weighted by atomic mass is 32.2. The van der Waals surface area contributed by atoms with E-state index < -0.39 is 0 Å². The van der Waals surface area contributed by atoms with Gasteiger partial charge in [0.1, 0.15) is 0 Å². The van der Waals surface area contributed by atoms with E-state index in [0.29, 0.717) is 12.5 Å². The van der Waals surface area contributed by atoms with Gasteiger partial charge in [0, 0.05) is 18.8 Å². The molecule has 0 heterocycles. The first kappa shape index (κ1) is 12.8. The summed E-state index contributed by atoms with van der Waals surface area (Å²) in [5, 5.41) is 2.88. The van der Waals surface area contributed by atoms with Crippen molar-refractivity contribution in [1.29, 1.82) is 0 Å². The van der Waals surface area contributed by atoms with Crippen LogP contribution in [0.2, 0.25) is 0 Å². The predicted molar refractivity (Wildman–Crippen MR) is 58.8 cm³/mol. The molecular formula is C9H20N2OS. The van der Waals surface area contributed by atoms with Crippen LogP contribution in [0.3, 0.4) is 0 Å². The lowest BCUT2D eigenvalue weighted by molar-refractivity contribution is -0.125. The molecule has 0 rings (SSSR count). The van der Waals surface area contributed by atoms with Crippen molar-refractivity contribution < 1.29 is 4.79 Å². The van der Waals surface area contributed by atoms with Gasteiger partial charge in [-0.05, 0) is 12.2 Å². The van der Waals surface area contributed by atoms with Crippen molar-refractivity contribution in [3.63, 3.8) is 0 Å². The Morgan fingerprint density at radius 3 is 2.54 bits per heavy atom. The number of thioether (sulfide) groups is 1. The fourth-order valence-electron chi connectivity index (χ4n) is 1.09. The van der Waals surface area contributed by atoms with Crippen LogP contribution in [-0.2, 0) is 4.79 Å². The second-order valence-electron chi connectivity index (χ2n) is 3.37. The van der Waals surface area contributed by atoms with E-state index in [4.69, 9.17) is 5.73 Å². The van der Waals surface area contributed by atoms with E-state index in [1.807, 2.05) is 20.1 Å². The van der Waals surface area contributed by atoms with Gasteiger partial charge in [-0.3, -0.25) is 4.79 Å². The highest BCUT2D eigenvalue weighted by Crippen LogP contribution is 2.08. The van der Waals surface area contributed by atoms with Crippen LogP contribution < -0.4 is 11.1 Å². The normalized spacial score (nSPS) is 13.0. The maximum absolute atomic E-state index is 11.5.